The molecule has 5 heteroatoms. The molecule has 0 spiro atoms. The molecule has 0 atom stereocenters. The second-order valence-electron chi connectivity index (χ2n) is 5.86. The molecule has 0 radical (unpaired) electrons. The van der Waals surface area contributed by atoms with Crippen molar-refractivity contribution in [3.05, 3.63) is 40.1 Å². The summed E-state index contributed by atoms with van der Waals surface area (Å²) in [7, 11) is 1.85. The van der Waals surface area contributed by atoms with Gasteiger partial charge in [0.2, 0.25) is 5.88 Å². The van der Waals surface area contributed by atoms with Crippen LogP contribution in [0.2, 0.25) is 0 Å². The molecule has 1 N–H and O–H groups in total. The van der Waals surface area contributed by atoms with Crippen molar-refractivity contribution in [2.24, 2.45) is 0 Å². The van der Waals surface area contributed by atoms with Crippen LogP contribution in [0.25, 0.3) is 0 Å². The van der Waals surface area contributed by atoms with E-state index in [0.29, 0.717) is 5.88 Å². The van der Waals surface area contributed by atoms with Crippen LogP contribution in [0.5, 0.6) is 11.6 Å². The molecule has 0 unspecified atom stereocenters. The van der Waals surface area contributed by atoms with E-state index in [0.717, 1.165) is 27.4 Å². The van der Waals surface area contributed by atoms with E-state index >= 15 is 0 Å². The van der Waals surface area contributed by atoms with E-state index in [1.807, 2.05) is 38.2 Å². The van der Waals surface area contributed by atoms with Crippen LogP contribution in [0.15, 0.2) is 28.7 Å². The maximum atomic E-state index is 5.98. The molecule has 0 fully saturated rings. The second-order valence-corrected chi connectivity index (χ2v) is 6.71. The summed E-state index contributed by atoms with van der Waals surface area (Å²) in [4.78, 5) is 9.17. The fraction of sp³-hybridized carbons (Fsp3) is 0.375. The molecule has 0 saturated carbocycles. The molecule has 0 amide bonds. The summed E-state index contributed by atoms with van der Waals surface area (Å²) in [6.45, 7) is 8.20. The normalized spacial score (nSPS) is 11.3. The van der Waals surface area contributed by atoms with Crippen molar-refractivity contribution in [3.8, 4) is 11.6 Å². The van der Waals surface area contributed by atoms with Crippen LogP contribution >= 0.6 is 15.9 Å². The van der Waals surface area contributed by atoms with Crippen LogP contribution in [0.4, 0.5) is 5.82 Å². The van der Waals surface area contributed by atoms with Gasteiger partial charge in [-0.25, -0.2) is 4.98 Å². The highest BCUT2D eigenvalue weighted by molar-refractivity contribution is 9.10. The number of rotatable bonds is 3. The minimum Gasteiger partial charge on any atom is -0.437 e. The molecule has 1 heterocycles. The van der Waals surface area contributed by atoms with Gasteiger partial charge in [0.25, 0.3) is 0 Å². The lowest BCUT2D eigenvalue weighted by atomic mass is 9.95. The first kappa shape index (κ1) is 15.8. The number of halogens is 1. The highest BCUT2D eigenvalue weighted by Crippen LogP contribution is 2.33. The maximum Gasteiger partial charge on any atom is 0.227 e. The minimum absolute atomic E-state index is 0.147. The van der Waals surface area contributed by atoms with E-state index in [1.165, 1.54) is 0 Å². The highest BCUT2D eigenvalue weighted by atomic mass is 79.9. The first-order valence-electron chi connectivity index (χ1n) is 6.82. The van der Waals surface area contributed by atoms with Crippen molar-refractivity contribution in [2.45, 2.75) is 33.1 Å². The molecular weight excluding hydrogens is 330 g/mol. The van der Waals surface area contributed by atoms with Crippen LogP contribution in [-0.2, 0) is 5.41 Å². The third-order valence-corrected chi connectivity index (χ3v) is 3.71. The van der Waals surface area contributed by atoms with Crippen molar-refractivity contribution >= 4 is 21.7 Å². The maximum absolute atomic E-state index is 5.98. The van der Waals surface area contributed by atoms with Gasteiger partial charge in [-0.2, -0.15) is 4.98 Å². The van der Waals surface area contributed by atoms with Gasteiger partial charge in [0.05, 0.1) is 10.0 Å². The average Bonchev–Trinajstić information content (AvgIpc) is 2.42. The van der Waals surface area contributed by atoms with Crippen molar-refractivity contribution < 1.29 is 4.74 Å². The summed E-state index contributed by atoms with van der Waals surface area (Å²) in [6, 6.07) is 7.72. The Labute approximate surface area is 134 Å². The van der Waals surface area contributed by atoms with E-state index in [1.54, 1.807) is 0 Å². The van der Waals surface area contributed by atoms with Gasteiger partial charge in [-0.1, -0.05) is 32.9 Å². The molecule has 0 saturated heterocycles. The number of hydrogen-bond donors (Lipinski definition) is 1. The van der Waals surface area contributed by atoms with Gasteiger partial charge >= 0.3 is 0 Å². The van der Waals surface area contributed by atoms with Crippen molar-refractivity contribution in [3.63, 3.8) is 0 Å². The number of para-hydroxylation sites is 1. The fourth-order valence-corrected chi connectivity index (χ4v) is 2.17. The lowest BCUT2D eigenvalue weighted by Crippen LogP contribution is -2.18. The molecule has 2 rings (SSSR count). The molecule has 21 heavy (non-hydrogen) atoms. The van der Waals surface area contributed by atoms with E-state index < -0.39 is 0 Å². The minimum atomic E-state index is -0.147. The van der Waals surface area contributed by atoms with E-state index in [2.05, 4.69) is 52.0 Å². The van der Waals surface area contributed by atoms with Crippen molar-refractivity contribution in [2.75, 3.05) is 12.4 Å². The molecule has 4 nitrogen and oxygen atoms in total. The number of aromatic nitrogens is 2. The molecule has 0 aliphatic rings. The van der Waals surface area contributed by atoms with Gasteiger partial charge in [0.1, 0.15) is 17.4 Å². The zero-order valence-corrected chi connectivity index (χ0v) is 14.6. The van der Waals surface area contributed by atoms with E-state index in [-0.39, 0.29) is 5.41 Å². The molecule has 0 bridgehead atoms. The second kappa shape index (κ2) is 6.02. The molecule has 112 valence electrons. The summed E-state index contributed by atoms with van der Waals surface area (Å²) >= 11 is 3.49. The van der Waals surface area contributed by atoms with E-state index in [9.17, 15) is 0 Å². The zero-order chi connectivity index (χ0) is 15.6. The third-order valence-electron chi connectivity index (χ3n) is 3.05. The van der Waals surface area contributed by atoms with Crippen LogP contribution in [0.1, 0.15) is 32.2 Å². The monoisotopic (exact) mass is 349 g/mol. The van der Waals surface area contributed by atoms with Gasteiger partial charge in [0, 0.05) is 12.5 Å². The predicted octanol–water partition coefficient (Wildman–Crippen LogP) is 4.68. The molecule has 1 aromatic heterocycles. The van der Waals surface area contributed by atoms with Gasteiger partial charge in [-0.3, -0.25) is 0 Å². The zero-order valence-electron chi connectivity index (χ0n) is 13.0. The first-order chi connectivity index (χ1) is 9.82. The van der Waals surface area contributed by atoms with E-state index in [4.69, 9.17) is 4.74 Å². The predicted molar refractivity (Wildman–Crippen MR) is 89.2 cm³/mol. The quantitative estimate of drug-likeness (QED) is 0.873. The topological polar surface area (TPSA) is 47.0 Å². The molecule has 2 aromatic rings. The number of ether oxygens (including phenoxy) is 1. The smallest absolute Gasteiger partial charge is 0.227 e. The first-order valence-corrected chi connectivity index (χ1v) is 7.61. The summed E-state index contributed by atoms with van der Waals surface area (Å²) in [6.07, 6.45) is 0. The largest absolute Gasteiger partial charge is 0.437 e. The number of nitrogens with one attached hydrogen (secondary N) is 1. The Hall–Kier alpha value is -1.62. The summed E-state index contributed by atoms with van der Waals surface area (Å²) in [5.74, 6) is 2.85. The Morgan fingerprint density at radius 3 is 2.38 bits per heavy atom. The molecular formula is C16H20BrN3O. The fourth-order valence-electron chi connectivity index (χ4n) is 1.81. The Morgan fingerprint density at radius 1 is 1.14 bits per heavy atom. The Balaban J connectivity index is 2.50. The number of benzene rings is 1. The Kier molecular flexibility index (Phi) is 4.52. The number of anilines is 1. The summed E-state index contributed by atoms with van der Waals surface area (Å²) in [5, 5.41) is 3.11. The SMILES string of the molecule is CNc1nc(C(C)(C)C)nc(Oc2ccccc2Br)c1C. The van der Waals surface area contributed by atoms with Crippen LogP contribution in [0.3, 0.4) is 0 Å². The summed E-state index contributed by atoms with van der Waals surface area (Å²) < 4.78 is 6.88. The number of nitrogens with zero attached hydrogens (tertiary/aromatic N) is 2. The molecule has 0 aliphatic carbocycles. The lowest BCUT2D eigenvalue weighted by Gasteiger charge is -2.20. The Morgan fingerprint density at radius 2 is 1.81 bits per heavy atom. The van der Waals surface area contributed by atoms with Crippen molar-refractivity contribution in [1.82, 2.24) is 9.97 Å². The van der Waals surface area contributed by atoms with Gasteiger partial charge in [-0.15, -0.1) is 0 Å². The van der Waals surface area contributed by atoms with Crippen LogP contribution in [0, 0.1) is 6.92 Å². The van der Waals surface area contributed by atoms with Gasteiger partial charge in [0.15, 0.2) is 0 Å². The number of hydrogen-bond acceptors (Lipinski definition) is 4. The van der Waals surface area contributed by atoms with Gasteiger partial charge < -0.3 is 10.1 Å². The highest BCUT2D eigenvalue weighted by Gasteiger charge is 2.22. The lowest BCUT2D eigenvalue weighted by molar-refractivity contribution is 0.440. The standard InChI is InChI=1S/C16H20BrN3O/c1-10-13(18-5)19-15(16(2,3)4)20-14(10)21-12-9-7-6-8-11(12)17/h6-9H,1-5H3,(H,18,19,20). The van der Waals surface area contributed by atoms with Crippen LogP contribution in [-0.4, -0.2) is 17.0 Å². The Bertz CT molecular complexity index is 650. The van der Waals surface area contributed by atoms with Gasteiger partial charge in [-0.05, 0) is 35.0 Å². The molecule has 1 aromatic carbocycles. The summed E-state index contributed by atoms with van der Waals surface area (Å²) in [5.41, 5.74) is 0.743. The average molecular weight is 350 g/mol. The van der Waals surface area contributed by atoms with Crippen molar-refractivity contribution in [1.29, 1.82) is 0 Å². The molecule has 0 aliphatic heterocycles. The van der Waals surface area contributed by atoms with Crippen LogP contribution < -0.4 is 10.1 Å². The third kappa shape index (κ3) is 3.53.